The van der Waals surface area contributed by atoms with Crippen LogP contribution in [0.15, 0.2) is 0 Å². The van der Waals surface area contributed by atoms with E-state index in [0.29, 0.717) is 12.6 Å². The average molecular weight is 281 g/mol. The van der Waals surface area contributed by atoms with Gasteiger partial charge in [0.05, 0.1) is 12.6 Å². The van der Waals surface area contributed by atoms with Gasteiger partial charge in [0.1, 0.15) is 0 Å². The molecule has 4 nitrogen and oxygen atoms in total. The summed E-state index contributed by atoms with van der Waals surface area (Å²) < 4.78 is 7.70. The molecule has 0 N–H and O–H groups in total. The summed E-state index contributed by atoms with van der Waals surface area (Å²) in [6.45, 7) is 16.7. The Hall–Kier alpha value is -1.03. The fourth-order valence-corrected chi connectivity index (χ4v) is 2.69. The summed E-state index contributed by atoms with van der Waals surface area (Å²) in [6, 6.07) is 0.413. The van der Waals surface area contributed by atoms with Gasteiger partial charge in [-0.1, -0.05) is 13.8 Å². The van der Waals surface area contributed by atoms with Crippen LogP contribution in [0, 0.1) is 13.8 Å². The Morgan fingerprint density at radius 1 is 1.20 bits per heavy atom. The van der Waals surface area contributed by atoms with Crippen LogP contribution in [0.25, 0.3) is 0 Å². The fourth-order valence-electron chi connectivity index (χ4n) is 2.69. The molecule has 20 heavy (non-hydrogen) atoms. The van der Waals surface area contributed by atoms with Gasteiger partial charge in [-0.25, -0.2) is 0 Å². The van der Waals surface area contributed by atoms with Crippen molar-refractivity contribution in [2.75, 3.05) is 26.2 Å². The van der Waals surface area contributed by atoms with E-state index in [4.69, 9.17) is 4.74 Å². The molecule has 1 saturated heterocycles. The van der Waals surface area contributed by atoms with Crippen LogP contribution in [0.4, 0.5) is 0 Å². The Morgan fingerprint density at radius 2 is 1.80 bits per heavy atom. The van der Waals surface area contributed by atoms with E-state index < -0.39 is 0 Å². The van der Waals surface area contributed by atoms with E-state index >= 15 is 0 Å². The van der Waals surface area contributed by atoms with Crippen LogP contribution in [0.3, 0.4) is 0 Å². The summed E-state index contributed by atoms with van der Waals surface area (Å²) in [5.74, 6) is 0.795. The first-order valence-corrected chi connectivity index (χ1v) is 8.04. The second-order valence-electron chi connectivity index (χ2n) is 5.25. The second kappa shape index (κ2) is 8.30. The molecule has 1 aliphatic rings. The molecule has 1 aromatic heterocycles. The lowest BCUT2D eigenvalue weighted by Gasteiger charge is -2.21. The van der Waals surface area contributed by atoms with Crippen molar-refractivity contribution in [1.82, 2.24) is 14.7 Å². The summed E-state index contributed by atoms with van der Waals surface area (Å²) >= 11 is 0. The van der Waals surface area contributed by atoms with Crippen molar-refractivity contribution in [1.29, 1.82) is 0 Å². The topological polar surface area (TPSA) is 30.3 Å². The van der Waals surface area contributed by atoms with E-state index in [0.717, 1.165) is 12.4 Å². The number of rotatable bonds is 5. The molecule has 2 rings (SSSR count). The third kappa shape index (κ3) is 3.98. The van der Waals surface area contributed by atoms with Crippen LogP contribution < -0.4 is 4.74 Å². The van der Waals surface area contributed by atoms with Crippen molar-refractivity contribution in [2.24, 2.45) is 0 Å². The third-order valence-electron chi connectivity index (χ3n) is 3.83. The van der Waals surface area contributed by atoms with E-state index in [1.165, 1.54) is 37.2 Å². The molecule has 4 heteroatoms. The first kappa shape index (κ1) is 17.0. The maximum Gasteiger partial charge on any atom is 0.235 e. The lowest BCUT2D eigenvalue weighted by molar-refractivity contribution is 0.268. The highest BCUT2D eigenvalue weighted by molar-refractivity contribution is 5.29. The van der Waals surface area contributed by atoms with Gasteiger partial charge in [0.25, 0.3) is 0 Å². The van der Waals surface area contributed by atoms with E-state index in [2.05, 4.69) is 35.5 Å². The van der Waals surface area contributed by atoms with Crippen LogP contribution in [0.5, 0.6) is 5.88 Å². The van der Waals surface area contributed by atoms with Crippen LogP contribution in [-0.2, 0) is 0 Å². The minimum Gasteiger partial charge on any atom is -0.477 e. The summed E-state index contributed by atoms with van der Waals surface area (Å²) in [5, 5.41) is 4.61. The molecule has 0 radical (unpaired) electrons. The molecule has 116 valence electrons. The van der Waals surface area contributed by atoms with Gasteiger partial charge >= 0.3 is 0 Å². The Kier molecular flexibility index (Phi) is 7.06. The first-order valence-electron chi connectivity index (χ1n) is 8.04. The SMILES string of the molecule is CC.CCOc1nn(C(C)CN2CCCC2)c(C)c1C. The maximum atomic E-state index is 5.57. The number of aromatic nitrogens is 2. The number of likely N-dealkylation sites (tertiary alicyclic amines) is 1. The van der Waals surface area contributed by atoms with E-state index in [1.807, 2.05) is 20.8 Å². The quantitative estimate of drug-likeness (QED) is 0.826. The predicted octanol–water partition coefficient (Wildman–Crippen LogP) is 3.58. The van der Waals surface area contributed by atoms with Crippen molar-refractivity contribution >= 4 is 0 Å². The number of ether oxygens (including phenoxy) is 1. The van der Waals surface area contributed by atoms with E-state index in [9.17, 15) is 0 Å². The van der Waals surface area contributed by atoms with Crippen molar-refractivity contribution in [3.05, 3.63) is 11.3 Å². The molecule has 1 aliphatic heterocycles. The van der Waals surface area contributed by atoms with Gasteiger partial charge < -0.3 is 9.64 Å². The monoisotopic (exact) mass is 281 g/mol. The summed E-state index contributed by atoms with van der Waals surface area (Å²) in [6.07, 6.45) is 2.68. The minimum absolute atomic E-state index is 0.413. The lowest BCUT2D eigenvalue weighted by atomic mass is 10.2. The van der Waals surface area contributed by atoms with E-state index in [-0.39, 0.29) is 0 Å². The fraction of sp³-hybridized carbons (Fsp3) is 0.812. The highest BCUT2D eigenvalue weighted by Crippen LogP contribution is 2.23. The molecule has 0 saturated carbocycles. The molecule has 1 atom stereocenters. The largest absolute Gasteiger partial charge is 0.477 e. The maximum absolute atomic E-state index is 5.57. The molecular formula is C16H31N3O. The van der Waals surface area contributed by atoms with Crippen LogP contribution in [0.1, 0.15) is 57.8 Å². The van der Waals surface area contributed by atoms with Gasteiger partial charge in [-0.2, -0.15) is 0 Å². The van der Waals surface area contributed by atoms with E-state index in [1.54, 1.807) is 0 Å². The van der Waals surface area contributed by atoms with Crippen molar-refractivity contribution < 1.29 is 4.74 Å². The van der Waals surface area contributed by atoms with Crippen molar-refractivity contribution in [3.63, 3.8) is 0 Å². The normalized spacial score (nSPS) is 16.7. The summed E-state index contributed by atoms with van der Waals surface area (Å²) in [4.78, 5) is 2.53. The molecule has 0 aromatic carbocycles. The number of hydrogen-bond donors (Lipinski definition) is 0. The van der Waals surface area contributed by atoms with Gasteiger partial charge in [-0.05, 0) is 53.6 Å². The Bertz CT molecular complexity index is 395. The molecule has 1 aromatic rings. The minimum atomic E-state index is 0.413. The molecular weight excluding hydrogens is 250 g/mol. The standard InChI is InChI=1S/C14H25N3O.C2H6/c1-5-18-14-12(3)13(4)17(15-14)11(2)10-16-8-6-7-9-16;1-2/h11H,5-10H2,1-4H3;1-2H3. The van der Waals surface area contributed by atoms with Gasteiger partial charge in [0.2, 0.25) is 5.88 Å². The third-order valence-corrected chi connectivity index (χ3v) is 3.83. The Balaban J connectivity index is 0.000000956. The molecule has 0 amide bonds. The average Bonchev–Trinajstić information content (AvgIpc) is 3.05. The number of hydrogen-bond acceptors (Lipinski definition) is 3. The highest BCUT2D eigenvalue weighted by atomic mass is 16.5. The van der Waals surface area contributed by atoms with Crippen molar-refractivity contribution in [2.45, 2.75) is 60.4 Å². The van der Waals surface area contributed by atoms with Crippen LogP contribution in [-0.4, -0.2) is 40.9 Å². The molecule has 0 aliphatic carbocycles. The van der Waals surface area contributed by atoms with Crippen molar-refractivity contribution in [3.8, 4) is 5.88 Å². The number of nitrogens with zero attached hydrogens (tertiary/aromatic N) is 3. The Labute approximate surface area is 124 Å². The second-order valence-corrected chi connectivity index (χ2v) is 5.25. The first-order chi connectivity index (χ1) is 9.63. The molecule has 2 heterocycles. The summed E-state index contributed by atoms with van der Waals surface area (Å²) in [7, 11) is 0. The smallest absolute Gasteiger partial charge is 0.235 e. The lowest BCUT2D eigenvalue weighted by Crippen LogP contribution is -2.28. The van der Waals surface area contributed by atoms with Gasteiger partial charge in [-0.15, -0.1) is 5.10 Å². The molecule has 0 spiro atoms. The molecule has 1 fully saturated rings. The highest BCUT2D eigenvalue weighted by Gasteiger charge is 2.20. The van der Waals surface area contributed by atoms with Gasteiger partial charge in [0, 0.05) is 17.8 Å². The van der Waals surface area contributed by atoms with Gasteiger partial charge in [-0.3, -0.25) is 4.68 Å². The molecule has 0 bridgehead atoms. The Morgan fingerprint density at radius 3 is 2.35 bits per heavy atom. The molecule has 1 unspecified atom stereocenters. The zero-order valence-electron chi connectivity index (χ0n) is 14.1. The van der Waals surface area contributed by atoms with Gasteiger partial charge in [0.15, 0.2) is 0 Å². The van der Waals surface area contributed by atoms with Crippen LogP contribution >= 0.6 is 0 Å². The predicted molar refractivity (Wildman–Crippen MR) is 84.6 cm³/mol. The van der Waals surface area contributed by atoms with Crippen LogP contribution in [0.2, 0.25) is 0 Å². The zero-order chi connectivity index (χ0) is 15.1. The zero-order valence-corrected chi connectivity index (χ0v) is 14.1. The summed E-state index contributed by atoms with van der Waals surface area (Å²) in [5.41, 5.74) is 2.40.